The summed E-state index contributed by atoms with van der Waals surface area (Å²) >= 11 is 0. The summed E-state index contributed by atoms with van der Waals surface area (Å²) in [5.74, 6) is -0.0786. The Hall–Kier alpha value is -3.98. The summed E-state index contributed by atoms with van der Waals surface area (Å²) in [6, 6.07) is 20.8. The third kappa shape index (κ3) is 4.06. The molecule has 2 N–H and O–H groups in total. The molecule has 1 unspecified atom stereocenters. The summed E-state index contributed by atoms with van der Waals surface area (Å²) in [4.78, 5) is 27.0. The first kappa shape index (κ1) is 21.8. The molecule has 0 aliphatic carbocycles. The zero-order valence-electron chi connectivity index (χ0n) is 18.4. The van der Waals surface area contributed by atoms with E-state index >= 15 is 0 Å². The topological polar surface area (TPSA) is 112 Å². The van der Waals surface area contributed by atoms with E-state index in [1.807, 2.05) is 42.5 Å². The highest BCUT2D eigenvalue weighted by molar-refractivity contribution is 7.90. The monoisotopic (exact) mass is 474 g/mol. The number of fused-ring (bicyclic) bond motifs is 1. The number of anilines is 2. The van der Waals surface area contributed by atoms with Crippen LogP contribution in [0.15, 0.2) is 82.5 Å². The Morgan fingerprint density at radius 3 is 2.44 bits per heavy atom. The van der Waals surface area contributed by atoms with Crippen molar-refractivity contribution in [2.45, 2.75) is 17.4 Å². The average Bonchev–Trinajstić information content (AvgIpc) is 3.19. The number of H-pyrrole nitrogens is 1. The number of hydrogen-bond donors (Lipinski definition) is 2. The number of hydrogen-bond acceptors (Lipinski definition) is 6. The number of sulfone groups is 1. The van der Waals surface area contributed by atoms with Crippen molar-refractivity contribution in [1.82, 2.24) is 10.2 Å². The Morgan fingerprint density at radius 2 is 1.71 bits per heavy atom. The van der Waals surface area contributed by atoms with Gasteiger partial charge >= 0.3 is 0 Å². The maximum Gasteiger partial charge on any atom is 0.272 e. The average molecular weight is 475 g/mol. The van der Waals surface area contributed by atoms with Gasteiger partial charge in [0, 0.05) is 35.1 Å². The number of nitrogens with one attached hydrogen (secondary N) is 2. The number of rotatable bonds is 5. The second-order valence-electron chi connectivity index (χ2n) is 8.27. The van der Waals surface area contributed by atoms with Crippen LogP contribution in [0.4, 0.5) is 11.4 Å². The van der Waals surface area contributed by atoms with Gasteiger partial charge in [-0.2, -0.15) is 5.10 Å². The van der Waals surface area contributed by atoms with Gasteiger partial charge in [-0.1, -0.05) is 36.4 Å². The van der Waals surface area contributed by atoms with E-state index in [-0.39, 0.29) is 16.4 Å². The molecule has 5 rings (SSSR count). The summed E-state index contributed by atoms with van der Waals surface area (Å²) in [5, 5.41) is 11.3. The van der Waals surface area contributed by atoms with Crippen molar-refractivity contribution in [2.75, 3.05) is 23.0 Å². The molecule has 2 heterocycles. The fraction of sp³-hybridized carbons (Fsp3) is 0.160. The van der Waals surface area contributed by atoms with Gasteiger partial charge in [-0.25, -0.2) is 13.5 Å². The van der Waals surface area contributed by atoms with Crippen LogP contribution in [0, 0.1) is 0 Å². The van der Waals surface area contributed by atoms with Crippen molar-refractivity contribution in [3.63, 3.8) is 0 Å². The summed E-state index contributed by atoms with van der Waals surface area (Å²) in [6.07, 6.45) is 1.75. The molecule has 0 saturated carbocycles. The number of aromatic nitrogens is 2. The molecule has 8 nitrogen and oxygen atoms in total. The van der Waals surface area contributed by atoms with Crippen LogP contribution in [-0.2, 0) is 14.6 Å². The van der Waals surface area contributed by atoms with Crippen LogP contribution >= 0.6 is 0 Å². The molecule has 172 valence electrons. The van der Waals surface area contributed by atoms with Gasteiger partial charge in [0.15, 0.2) is 9.84 Å². The lowest BCUT2D eigenvalue weighted by Crippen LogP contribution is -2.33. The molecular weight excluding hydrogens is 452 g/mol. The van der Waals surface area contributed by atoms with Crippen LogP contribution in [0.5, 0.6) is 0 Å². The fourth-order valence-electron chi connectivity index (χ4n) is 4.22. The van der Waals surface area contributed by atoms with Gasteiger partial charge in [-0.15, -0.1) is 0 Å². The van der Waals surface area contributed by atoms with Crippen LogP contribution in [0.25, 0.3) is 22.0 Å². The molecule has 1 fully saturated rings. The number of carbonyl (C=O) groups is 1. The van der Waals surface area contributed by atoms with Crippen LogP contribution in [0.2, 0.25) is 0 Å². The lowest BCUT2D eigenvalue weighted by molar-refractivity contribution is -0.117. The maximum absolute atomic E-state index is 13.1. The van der Waals surface area contributed by atoms with Crippen LogP contribution in [-0.4, -0.2) is 43.4 Å². The number of carbonyl (C=O) groups excluding carboxylic acids is 1. The number of benzene rings is 3. The third-order valence-corrected chi connectivity index (χ3v) is 7.07. The molecular formula is C25H22N4O4S. The van der Waals surface area contributed by atoms with Gasteiger partial charge in [0.05, 0.1) is 16.0 Å². The van der Waals surface area contributed by atoms with Crippen molar-refractivity contribution in [2.24, 2.45) is 0 Å². The zero-order chi connectivity index (χ0) is 23.9. The van der Waals surface area contributed by atoms with Crippen molar-refractivity contribution in [3.8, 4) is 11.3 Å². The van der Waals surface area contributed by atoms with E-state index in [0.717, 1.165) is 22.9 Å². The molecule has 1 amide bonds. The van der Waals surface area contributed by atoms with Crippen molar-refractivity contribution in [3.05, 3.63) is 83.2 Å². The Morgan fingerprint density at radius 1 is 0.971 bits per heavy atom. The van der Waals surface area contributed by atoms with Crippen LogP contribution < -0.4 is 15.8 Å². The number of amides is 1. The highest BCUT2D eigenvalue weighted by Crippen LogP contribution is 2.29. The van der Waals surface area contributed by atoms with Gasteiger partial charge < -0.3 is 10.2 Å². The molecule has 1 saturated heterocycles. The minimum absolute atomic E-state index is 0.0786. The SMILES string of the molecule is CS(=O)(=O)c1cccc(NC2CCN(c3ccc(-c4n[nH]c(=O)c5ccccc45)cc3)C2=O)c1. The molecule has 34 heavy (non-hydrogen) atoms. The first-order chi connectivity index (χ1) is 16.3. The zero-order valence-corrected chi connectivity index (χ0v) is 19.2. The largest absolute Gasteiger partial charge is 0.374 e. The molecule has 1 aliphatic rings. The molecule has 0 spiro atoms. The highest BCUT2D eigenvalue weighted by Gasteiger charge is 2.32. The van der Waals surface area contributed by atoms with Crippen molar-refractivity contribution in [1.29, 1.82) is 0 Å². The van der Waals surface area contributed by atoms with E-state index in [1.54, 1.807) is 29.2 Å². The summed E-state index contributed by atoms with van der Waals surface area (Å²) in [5.41, 5.74) is 2.61. The van der Waals surface area contributed by atoms with Gasteiger partial charge in [-0.05, 0) is 42.8 Å². The lowest BCUT2D eigenvalue weighted by atomic mass is 10.0. The number of aromatic amines is 1. The maximum atomic E-state index is 13.1. The Labute approximate surface area is 196 Å². The van der Waals surface area contributed by atoms with E-state index in [9.17, 15) is 18.0 Å². The fourth-order valence-corrected chi connectivity index (χ4v) is 4.89. The van der Waals surface area contributed by atoms with E-state index in [2.05, 4.69) is 15.5 Å². The minimum Gasteiger partial charge on any atom is -0.374 e. The molecule has 3 aromatic carbocycles. The van der Waals surface area contributed by atoms with E-state index < -0.39 is 15.9 Å². The van der Waals surface area contributed by atoms with E-state index in [0.29, 0.717) is 29.7 Å². The highest BCUT2D eigenvalue weighted by atomic mass is 32.2. The Kier molecular flexibility index (Phi) is 5.41. The predicted molar refractivity (Wildman–Crippen MR) is 132 cm³/mol. The first-order valence-corrected chi connectivity index (χ1v) is 12.7. The second kappa shape index (κ2) is 8.42. The smallest absolute Gasteiger partial charge is 0.272 e. The molecule has 0 radical (unpaired) electrons. The van der Waals surface area contributed by atoms with Crippen molar-refractivity contribution < 1.29 is 13.2 Å². The molecule has 1 atom stereocenters. The molecule has 4 aromatic rings. The Bertz CT molecular complexity index is 1560. The third-order valence-electron chi connectivity index (χ3n) is 5.96. The second-order valence-corrected chi connectivity index (χ2v) is 10.3. The van der Waals surface area contributed by atoms with Crippen molar-refractivity contribution >= 4 is 37.9 Å². The van der Waals surface area contributed by atoms with Crippen LogP contribution in [0.1, 0.15) is 6.42 Å². The lowest BCUT2D eigenvalue weighted by Gasteiger charge is -2.18. The molecule has 0 bridgehead atoms. The molecule has 9 heteroatoms. The first-order valence-electron chi connectivity index (χ1n) is 10.8. The van der Waals surface area contributed by atoms with Gasteiger partial charge in [0.1, 0.15) is 6.04 Å². The predicted octanol–water partition coefficient (Wildman–Crippen LogP) is 3.21. The standard InChI is InChI=1S/C25H22N4O4S/c1-34(32,33)19-6-4-5-17(15-19)26-22-13-14-29(25(22)31)18-11-9-16(10-12-18)23-20-7-2-3-8-21(20)24(30)28-27-23/h2-12,15,22,26H,13-14H2,1H3,(H,28,30). The van der Waals surface area contributed by atoms with E-state index in [4.69, 9.17) is 0 Å². The summed E-state index contributed by atoms with van der Waals surface area (Å²) in [6.45, 7) is 0.543. The minimum atomic E-state index is -3.33. The van der Waals surface area contributed by atoms with Gasteiger partial charge in [0.2, 0.25) is 5.91 Å². The van der Waals surface area contributed by atoms with Gasteiger partial charge in [-0.3, -0.25) is 9.59 Å². The summed E-state index contributed by atoms with van der Waals surface area (Å²) < 4.78 is 23.6. The van der Waals surface area contributed by atoms with Crippen LogP contribution in [0.3, 0.4) is 0 Å². The normalized spacial score (nSPS) is 16.2. The Balaban J connectivity index is 1.36. The molecule has 1 aromatic heterocycles. The quantitative estimate of drug-likeness (QED) is 0.459. The van der Waals surface area contributed by atoms with E-state index in [1.165, 1.54) is 6.07 Å². The number of nitrogens with zero attached hydrogens (tertiary/aromatic N) is 2. The summed E-state index contributed by atoms with van der Waals surface area (Å²) in [7, 11) is -3.33. The van der Waals surface area contributed by atoms with Gasteiger partial charge in [0.25, 0.3) is 5.56 Å². The molecule has 1 aliphatic heterocycles.